The lowest BCUT2D eigenvalue weighted by Crippen LogP contribution is -2.50. The van der Waals surface area contributed by atoms with E-state index in [9.17, 15) is 9.59 Å². The molecule has 1 N–H and O–H groups in total. The van der Waals surface area contributed by atoms with E-state index in [0.29, 0.717) is 25.3 Å². The second-order valence-electron chi connectivity index (χ2n) is 7.42. The maximum absolute atomic E-state index is 12.9. The number of H-pyrrole nitrogens is 1. The third kappa shape index (κ3) is 2.25. The molecule has 6 heteroatoms. The van der Waals surface area contributed by atoms with E-state index in [0.717, 1.165) is 23.2 Å². The molecule has 0 spiro atoms. The van der Waals surface area contributed by atoms with Gasteiger partial charge >= 0.3 is 5.97 Å². The number of para-hydroxylation sites is 1. The van der Waals surface area contributed by atoms with Gasteiger partial charge in [-0.2, -0.15) is 0 Å². The van der Waals surface area contributed by atoms with Gasteiger partial charge in [-0.25, -0.2) is 4.79 Å². The van der Waals surface area contributed by atoms with Gasteiger partial charge in [-0.15, -0.1) is 0 Å². The Labute approximate surface area is 157 Å². The fourth-order valence-electron chi connectivity index (χ4n) is 4.96. The lowest BCUT2D eigenvalue weighted by Gasteiger charge is -2.44. The highest BCUT2D eigenvalue weighted by molar-refractivity contribution is 5.88. The van der Waals surface area contributed by atoms with E-state index >= 15 is 0 Å². The summed E-state index contributed by atoms with van der Waals surface area (Å²) in [5.74, 6) is 0.237. The SMILES string of the molecule is CCOC(=O)[C@H]1OC(C)=C2CC(=O)N3CCc4c([nH]c5ccccc45)[C@@H]3[C@@H]21. The zero-order chi connectivity index (χ0) is 18.7. The molecule has 4 heterocycles. The molecule has 3 aliphatic heterocycles. The zero-order valence-electron chi connectivity index (χ0n) is 15.5. The van der Waals surface area contributed by atoms with Crippen molar-refractivity contribution in [2.75, 3.05) is 13.2 Å². The van der Waals surface area contributed by atoms with Crippen molar-refractivity contribution in [3.8, 4) is 0 Å². The fraction of sp³-hybridized carbons (Fsp3) is 0.429. The second-order valence-corrected chi connectivity index (χ2v) is 7.42. The van der Waals surface area contributed by atoms with Gasteiger partial charge in [-0.3, -0.25) is 4.79 Å². The average Bonchev–Trinajstić information content (AvgIpc) is 3.20. The van der Waals surface area contributed by atoms with Gasteiger partial charge < -0.3 is 19.4 Å². The van der Waals surface area contributed by atoms with Crippen molar-refractivity contribution in [1.29, 1.82) is 0 Å². The number of allylic oxidation sites excluding steroid dienone is 1. The summed E-state index contributed by atoms with van der Waals surface area (Å²) in [5.41, 5.74) is 4.28. The van der Waals surface area contributed by atoms with E-state index in [2.05, 4.69) is 17.1 Å². The number of aromatic amines is 1. The number of aromatic nitrogens is 1. The predicted molar refractivity (Wildman–Crippen MR) is 98.8 cm³/mol. The lowest BCUT2D eigenvalue weighted by atomic mass is 9.77. The van der Waals surface area contributed by atoms with Crippen LogP contribution in [0.3, 0.4) is 0 Å². The van der Waals surface area contributed by atoms with Crippen LogP contribution in [-0.4, -0.2) is 41.0 Å². The van der Waals surface area contributed by atoms with E-state index in [4.69, 9.17) is 9.47 Å². The van der Waals surface area contributed by atoms with Crippen LogP contribution in [0.1, 0.15) is 37.6 Å². The largest absolute Gasteiger partial charge is 0.483 e. The fourth-order valence-corrected chi connectivity index (χ4v) is 4.96. The van der Waals surface area contributed by atoms with Crippen molar-refractivity contribution in [2.45, 2.75) is 38.8 Å². The van der Waals surface area contributed by atoms with E-state index in [-0.39, 0.29) is 23.8 Å². The number of hydrogen-bond acceptors (Lipinski definition) is 4. The molecular weight excluding hydrogens is 344 g/mol. The predicted octanol–water partition coefficient (Wildman–Crippen LogP) is 2.85. The van der Waals surface area contributed by atoms with E-state index in [1.54, 1.807) is 6.92 Å². The van der Waals surface area contributed by atoms with Gasteiger partial charge in [0.1, 0.15) is 0 Å². The highest BCUT2D eigenvalue weighted by Gasteiger charge is 2.53. The van der Waals surface area contributed by atoms with Gasteiger partial charge in [-0.1, -0.05) is 18.2 Å². The highest BCUT2D eigenvalue weighted by atomic mass is 16.6. The van der Waals surface area contributed by atoms with Crippen molar-refractivity contribution in [3.05, 3.63) is 46.9 Å². The molecule has 5 rings (SSSR count). The number of benzene rings is 1. The highest BCUT2D eigenvalue weighted by Crippen LogP contribution is 2.50. The topological polar surface area (TPSA) is 71.6 Å². The van der Waals surface area contributed by atoms with Gasteiger partial charge in [0.2, 0.25) is 12.0 Å². The van der Waals surface area contributed by atoms with Crippen LogP contribution in [0.15, 0.2) is 35.6 Å². The molecule has 0 saturated carbocycles. The number of carbonyl (C=O) groups excluding carboxylic acids is 2. The summed E-state index contributed by atoms with van der Waals surface area (Å²) in [6.07, 6.45) is 0.438. The van der Waals surface area contributed by atoms with Crippen molar-refractivity contribution < 1.29 is 19.1 Å². The van der Waals surface area contributed by atoms with Crippen molar-refractivity contribution >= 4 is 22.8 Å². The van der Waals surface area contributed by atoms with Crippen LogP contribution < -0.4 is 0 Å². The summed E-state index contributed by atoms with van der Waals surface area (Å²) >= 11 is 0. The first-order chi connectivity index (χ1) is 13.1. The number of carbonyl (C=O) groups is 2. The van der Waals surface area contributed by atoms with Crippen molar-refractivity contribution in [2.24, 2.45) is 5.92 Å². The number of nitrogens with one attached hydrogen (secondary N) is 1. The summed E-state index contributed by atoms with van der Waals surface area (Å²) < 4.78 is 11.2. The number of rotatable bonds is 2. The molecule has 0 unspecified atom stereocenters. The molecule has 2 aromatic rings. The third-order valence-electron chi connectivity index (χ3n) is 6.09. The molecule has 6 nitrogen and oxygen atoms in total. The molecule has 27 heavy (non-hydrogen) atoms. The molecule has 0 radical (unpaired) electrons. The van der Waals surface area contributed by atoms with E-state index < -0.39 is 6.10 Å². The number of amides is 1. The quantitative estimate of drug-likeness (QED) is 0.830. The molecule has 1 aromatic heterocycles. The smallest absolute Gasteiger partial charge is 0.348 e. The van der Waals surface area contributed by atoms with Crippen LogP contribution in [0.25, 0.3) is 10.9 Å². The maximum Gasteiger partial charge on any atom is 0.348 e. The van der Waals surface area contributed by atoms with Crippen LogP contribution in [-0.2, 0) is 25.5 Å². The summed E-state index contributed by atoms with van der Waals surface area (Å²) in [4.78, 5) is 30.9. The number of esters is 1. The Hall–Kier alpha value is -2.76. The molecule has 0 aliphatic carbocycles. The third-order valence-corrected chi connectivity index (χ3v) is 6.09. The first-order valence-electron chi connectivity index (χ1n) is 9.52. The molecule has 3 aliphatic rings. The van der Waals surface area contributed by atoms with Gasteiger partial charge in [-0.05, 0) is 37.5 Å². The van der Waals surface area contributed by atoms with Gasteiger partial charge in [0.05, 0.1) is 30.7 Å². The summed E-state index contributed by atoms with van der Waals surface area (Å²) in [6, 6.07) is 7.98. The maximum atomic E-state index is 12.9. The van der Waals surface area contributed by atoms with Crippen LogP contribution >= 0.6 is 0 Å². The van der Waals surface area contributed by atoms with E-state index in [1.165, 1.54) is 10.9 Å². The lowest BCUT2D eigenvalue weighted by molar-refractivity contribution is -0.158. The van der Waals surface area contributed by atoms with Crippen molar-refractivity contribution in [1.82, 2.24) is 9.88 Å². The Morgan fingerprint density at radius 1 is 1.37 bits per heavy atom. The van der Waals surface area contributed by atoms with Crippen LogP contribution in [0.2, 0.25) is 0 Å². The van der Waals surface area contributed by atoms with E-state index in [1.807, 2.05) is 24.0 Å². The van der Waals surface area contributed by atoms with Crippen molar-refractivity contribution in [3.63, 3.8) is 0 Å². The molecule has 0 bridgehead atoms. The monoisotopic (exact) mass is 366 g/mol. The normalized spacial score (nSPS) is 26.5. The minimum atomic E-state index is -0.696. The summed E-state index contributed by atoms with van der Waals surface area (Å²) in [5, 5.41) is 1.19. The molecule has 1 aromatic carbocycles. The Kier molecular flexibility index (Phi) is 3.57. The first-order valence-corrected chi connectivity index (χ1v) is 9.52. The number of ether oxygens (including phenoxy) is 2. The molecule has 1 fully saturated rings. The Morgan fingerprint density at radius 3 is 3.00 bits per heavy atom. The van der Waals surface area contributed by atoms with Gasteiger partial charge in [0.15, 0.2) is 0 Å². The Balaban J connectivity index is 1.66. The molecule has 140 valence electrons. The number of hydrogen-bond donors (Lipinski definition) is 1. The molecule has 1 amide bonds. The molecule has 1 saturated heterocycles. The Bertz CT molecular complexity index is 989. The summed E-state index contributed by atoms with van der Waals surface area (Å²) in [7, 11) is 0. The molecular formula is C21H22N2O4. The molecule has 3 atom stereocenters. The first kappa shape index (κ1) is 16.4. The van der Waals surface area contributed by atoms with Crippen LogP contribution in [0.4, 0.5) is 0 Å². The minimum absolute atomic E-state index is 0.100. The minimum Gasteiger partial charge on any atom is -0.483 e. The number of nitrogens with zero attached hydrogens (tertiary/aromatic N) is 1. The van der Waals surface area contributed by atoms with Gasteiger partial charge in [0, 0.05) is 23.1 Å². The number of piperidine rings is 1. The summed E-state index contributed by atoms with van der Waals surface area (Å²) in [6.45, 7) is 4.61. The van der Waals surface area contributed by atoms with Gasteiger partial charge in [0.25, 0.3) is 0 Å². The second kappa shape index (κ2) is 5.87. The number of fused-ring (bicyclic) bond motifs is 7. The standard InChI is InChI=1S/C21H22N2O4/c1-3-26-21(25)20-17-14(11(2)27-20)10-16(24)23-9-8-13-12-6-4-5-7-15(12)22-18(13)19(17)23/h4-7,17,19-20,22H,3,8-10H2,1-2H3/t17-,19+,20+/m1/s1. The van der Waals surface area contributed by atoms with Crippen LogP contribution in [0, 0.1) is 5.92 Å². The average molecular weight is 366 g/mol. The van der Waals surface area contributed by atoms with Crippen LogP contribution in [0.5, 0.6) is 0 Å². The Morgan fingerprint density at radius 2 is 2.19 bits per heavy atom. The zero-order valence-corrected chi connectivity index (χ0v) is 15.5.